The number of benzene rings is 1. The van der Waals surface area contributed by atoms with Gasteiger partial charge in [-0.2, -0.15) is 4.98 Å². The molecule has 0 radical (unpaired) electrons. The van der Waals surface area contributed by atoms with Gasteiger partial charge in [0.1, 0.15) is 12.1 Å². The van der Waals surface area contributed by atoms with E-state index in [0.29, 0.717) is 31.0 Å². The van der Waals surface area contributed by atoms with Crippen molar-refractivity contribution in [3.05, 3.63) is 54.4 Å². The first-order valence-electron chi connectivity index (χ1n) is 10.2. The summed E-state index contributed by atoms with van der Waals surface area (Å²) in [5.41, 5.74) is 1.85. The fourth-order valence-electron chi connectivity index (χ4n) is 3.77. The normalized spacial score (nSPS) is 16.4. The summed E-state index contributed by atoms with van der Waals surface area (Å²) in [4.78, 5) is 27.4. The zero-order valence-electron chi connectivity index (χ0n) is 17.0. The van der Waals surface area contributed by atoms with Crippen LogP contribution in [0, 0.1) is 0 Å². The van der Waals surface area contributed by atoms with Gasteiger partial charge in [0.2, 0.25) is 17.6 Å². The molecule has 1 fully saturated rings. The number of aryl methyl sites for hydroxylation is 1. The third-order valence-corrected chi connectivity index (χ3v) is 5.37. The molecule has 3 aromatic rings. The lowest BCUT2D eigenvalue weighted by Crippen LogP contribution is -2.39. The molecule has 4 rings (SSSR count). The number of carbonyl (C=O) groups is 1. The Morgan fingerprint density at radius 3 is 3.10 bits per heavy atom. The summed E-state index contributed by atoms with van der Waals surface area (Å²) in [6.45, 7) is 1.53. The van der Waals surface area contributed by atoms with Crippen LogP contribution in [0.25, 0.3) is 11.4 Å². The van der Waals surface area contributed by atoms with Crippen molar-refractivity contribution in [1.29, 1.82) is 0 Å². The summed E-state index contributed by atoms with van der Waals surface area (Å²) in [5, 5.41) is 4.04. The number of hydrogen-bond acceptors (Lipinski definition) is 7. The monoisotopic (exact) mass is 407 g/mol. The summed E-state index contributed by atoms with van der Waals surface area (Å²) in [7, 11) is 1.62. The highest BCUT2D eigenvalue weighted by molar-refractivity contribution is 5.76. The molecule has 1 aliphatic rings. The Hall–Kier alpha value is -3.29. The van der Waals surface area contributed by atoms with Gasteiger partial charge in [0, 0.05) is 49.3 Å². The number of carbonyl (C=O) groups excluding carboxylic acids is 1. The number of piperidine rings is 1. The highest BCUT2D eigenvalue weighted by atomic mass is 16.5. The van der Waals surface area contributed by atoms with Crippen LogP contribution in [0.1, 0.15) is 43.2 Å². The van der Waals surface area contributed by atoms with E-state index in [1.807, 2.05) is 35.2 Å². The topological polar surface area (TPSA) is 94.2 Å². The number of ether oxygens (including phenoxy) is 1. The van der Waals surface area contributed by atoms with E-state index in [0.717, 1.165) is 42.9 Å². The smallest absolute Gasteiger partial charge is 0.226 e. The van der Waals surface area contributed by atoms with E-state index in [1.165, 1.54) is 0 Å². The van der Waals surface area contributed by atoms with Crippen molar-refractivity contribution in [2.45, 2.75) is 38.0 Å². The van der Waals surface area contributed by atoms with Crippen molar-refractivity contribution in [3.63, 3.8) is 0 Å². The molecule has 0 saturated carbocycles. The molecule has 1 aromatic carbocycles. The van der Waals surface area contributed by atoms with Crippen LogP contribution in [0.15, 0.2) is 47.4 Å². The summed E-state index contributed by atoms with van der Waals surface area (Å²) in [6.07, 6.45) is 7.09. The zero-order valence-corrected chi connectivity index (χ0v) is 17.0. The minimum absolute atomic E-state index is 0.168. The maximum atomic E-state index is 12.7. The predicted octanol–water partition coefficient (Wildman–Crippen LogP) is 3.26. The summed E-state index contributed by atoms with van der Waals surface area (Å²) in [6, 6.07) is 9.46. The van der Waals surface area contributed by atoms with E-state index in [1.54, 1.807) is 19.6 Å². The number of nitrogens with zero attached hydrogens (tertiary/aromatic N) is 5. The van der Waals surface area contributed by atoms with Gasteiger partial charge in [-0.05, 0) is 37.5 Å². The second kappa shape index (κ2) is 9.47. The Bertz CT molecular complexity index is 976. The van der Waals surface area contributed by atoms with Gasteiger partial charge in [-0.25, -0.2) is 9.97 Å². The Labute approximate surface area is 175 Å². The number of aromatic nitrogens is 4. The van der Waals surface area contributed by atoms with Crippen LogP contribution in [-0.2, 0) is 11.2 Å². The molecule has 0 N–H and O–H groups in total. The molecule has 0 aliphatic carbocycles. The number of rotatable bonds is 7. The average molecular weight is 407 g/mol. The lowest BCUT2D eigenvalue weighted by atomic mass is 9.94. The van der Waals surface area contributed by atoms with E-state index >= 15 is 0 Å². The van der Waals surface area contributed by atoms with Crippen LogP contribution >= 0.6 is 0 Å². The van der Waals surface area contributed by atoms with E-state index in [4.69, 9.17) is 9.26 Å². The molecule has 1 atom stereocenters. The van der Waals surface area contributed by atoms with E-state index in [-0.39, 0.29) is 11.8 Å². The fraction of sp³-hybridized carbons (Fsp3) is 0.409. The molecule has 8 heteroatoms. The SMILES string of the molecule is COc1cccc(-c2noc(CCCC(=O)N3CCCC(c4ccncn4)C3)n2)c1. The number of likely N-dealkylation sites (tertiary alicyclic amines) is 1. The fourth-order valence-corrected chi connectivity index (χ4v) is 3.77. The van der Waals surface area contributed by atoms with Crippen LogP contribution in [0.3, 0.4) is 0 Å². The molecule has 2 aromatic heterocycles. The molecular weight excluding hydrogens is 382 g/mol. The minimum atomic E-state index is 0.168. The van der Waals surface area contributed by atoms with Crippen molar-refractivity contribution >= 4 is 5.91 Å². The lowest BCUT2D eigenvalue weighted by Gasteiger charge is -2.32. The molecule has 3 heterocycles. The molecule has 1 saturated heterocycles. The van der Waals surface area contributed by atoms with Gasteiger partial charge < -0.3 is 14.2 Å². The van der Waals surface area contributed by atoms with Gasteiger partial charge >= 0.3 is 0 Å². The number of amides is 1. The molecule has 1 aliphatic heterocycles. The Balaban J connectivity index is 1.28. The highest BCUT2D eigenvalue weighted by Gasteiger charge is 2.25. The van der Waals surface area contributed by atoms with Gasteiger partial charge in [0.15, 0.2) is 0 Å². The number of hydrogen-bond donors (Lipinski definition) is 0. The molecule has 156 valence electrons. The highest BCUT2D eigenvalue weighted by Crippen LogP contribution is 2.26. The second-order valence-electron chi connectivity index (χ2n) is 7.41. The molecule has 1 unspecified atom stereocenters. The molecule has 8 nitrogen and oxygen atoms in total. The largest absolute Gasteiger partial charge is 0.497 e. The van der Waals surface area contributed by atoms with E-state index in [2.05, 4.69) is 20.1 Å². The third kappa shape index (κ3) is 4.82. The van der Waals surface area contributed by atoms with Gasteiger partial charge in [-0.15, -0.1) is 0 Å². The standard InChI is InChI=1S/C22H25N5O3/c1-29-18-7-2-5-16(13-18)22-25-20(30-26-22)8-3-9-21(28)27-12-4-6-17(14-27)19-10-11-23-15-24-19/h2,5,7,10-11,13,15,17H,3-4,6,8-9,12,14H2,1H3. The van der Waals surface area contributed by atoms with Gasteiger partial charge in [0.05, 0.1) is 7.11 Å². The Morgan fingerprint density at radius 2 is 2.27 bits per heavy atom. The van der Waals surface area contributed by atoms with Crippen molar-refractivity contribution < 1.29 is 14.1 Å². The van der Waals surface area contributed by atoms with Crippen LogP contribution in [-0.4, -0.2) is 51.1 Å². The first-order chi connectivity index (χ1) is 14.7. The van der Waals surface area contributed by atoms with Crippen LogP contribution in [0.2, 0.25) is 0 Å². The molecule has 0 spiro atoms. The second-order valence-corrected chi connectivity index (χ2v) is 7.41. The molecular formula is C22H25N5O3. The van der Waals surface area contributed by atoms with Gasteiger partial charge in [-0.3, -0.25) is 4.79 Å². The van der Waals surface area contributed by atoms with Gasteiger partial charge in [0.25, 0.3) is 0 Å². The third-order valence-electron chi connectivity index (χ3n) is 5.37. The first-order valence-corrected chi connectivity index (χ1v) is 10.2. The van der Waals surface area contributed by atoms with Crippen LogP contribution in [0.5, 0.6) is 5.75 Å². The van der Waals surface area contributed by atoms with Crippen molar-refractivity contribution in [2.75, 3.05) is 20.2 Å². The lowest BCUT2D eigenvalue weighted by molar-refractivity contribution is -0.132. The zero-order chi connectivity index (χ0) is 20.8. The number of methoxy groups -OCH3 is 1. The van der Waals surface area contributed by atoms with Gasteiger partial charge in [-0.1, -0.05) is 17.3 Å². The van der Waals surface area contributed by atoms with Crippen molar-refractivity contribution in [2.24, 2.45) is 0 Å². The molecule has 30 heavy (non-hydrogen) atoms. The minimum Gasteiger partial charge on any atom is -0.497 e. The summed E-state index contributed by atoms with van der Waals surface area (Å²) < 4.78 is 10.6. The Morgan fingerprint density at radius 1 is 1.33 bits per heavy atom. The first kappa shape index (κ1) is 20.0. The summed E-state index contributed by atoms with van der Waals surface area (Å²) >= 11 is 0. The molecule has 0 bridgehead atoms. The Kier molecular flexibility index (Phi) is 6.32. The predicted molar refractivity (Wildman–Crippen MR) is 110 cm³/mol. The van der Waals surface area contributed by atoms with Crippen molar-refractivity contribution in [3.8, 4) is 17.1 Å². The van der Waals surface area contributed by atoms with Crippen LogP contribution in [0.4, 0.5) is 0 Å². The summed E-state index contributed by atoms with van der Waals surface area (Å²) in [5.74, 6) is 2.26. The average Bonchev–Trinajstić information content (AvgIpc) is 3.29. The van der Waals surface area contributed by atoms with Crippen molar-refractivity contribution in [1.82, 2.24) is 25.0 Å². The van der Waals surface area contributed by atoms with E-state index in [9.17, 15) is 4.79 Å². The quantitative estimate of drug-likeness (QED) is 0.593. The maximum absolute atomic E-state index is 12.7. The van der Waals surface area contributed by atoms with E-state index < -0.39 is 0 Å². The van der Waals surface area contributed by atoms with Crippen LogP contribution < -0.4 is 4.74 Å². The maximum Gasteiger partial charge on any atom is 0.226 e. The molecule has 1 amide bonds.